The third kappa shape index (κ3) is 4.84. The lowest BCUT2D eigenvalue weighted by atomic mass is 10.2. The Bertz CT molecular complexity index is 1210. The second-order valence-corrected chi connectivity index (χ2v) is 8.41. The predicted octanol–water partition coefficient (Wildman–Crippen LogP) is 4.62. The summed E-state index contributed by atoms with van der Waals surface area (Å²) in [5.74, 6) is 4.18. The first-order valence-electron chi connectivity index (χ1n) is 9.17. The van der Waals surface area contributed by atoms with Gasteiger partial charge in [-0.2, -0.15) is 9.78 Å². The molecule has 2 aromatic carbocycles. The number of benzene rings is 2. The highest BCUT2D eigenvalue weighted by molar-refractivity contribution is 14.1. The molecule has 0 unspecified atom stereocenters. The van der Waals surface area contributed by atoms with Crippen molar-refractivity contribution in [1.82, 2.24) is 9.66 Å². The first-order valence-corrected chi connectivity index (χ1v) is 11.0. The molecule has 0 aliphatic heterocycles. The van der Waals surface area contributed by atoms with Crippen LogP contribution in [-0.4, -0.2) is 29.6 Å². The summed E-state index contributed by atoms with van der Waals surface area (Å²) in [6, 6.07) is 9.13. The van der Waals surface area contributed by atoms with Gasteiger partial charge < -0.3 is 9.47 Å². The Labute approximate surface area is 196 Å². The molecule has 8 heteroatoms. The van der Waals surface area contributed by atoms with Gasteiger partial charge in [-0.05, 0) is 64.9 Å². The van der Waals surface area contributed by atoms with E-state index in [0.29, 0.717) is 34.6 Å². The molecule has 1 aromatic heterocycles. The summed E-state index contributed by atoms with van der Waals surface area (Å²) in [6.45, 7) is 2.18. The number of hydrogen-bond donors (Lipinski definition) is 0. The molecule has 0 bridgehead atoms. The maximum absolute atomic E-state index is 13.1. The van der Waals surface area contributed by atoms with Crippen molar-refractivity contribution in [3.63, 3.8) is 0 Å². The van der Waals surface area contributed by atoms with Gasteiger partial charge in [-0.1, -0.05) is 28.8 Å². The molecule has 3 rings (SSSR count). The van der Waals surface area contributed by atoms with Crippen LogP contribution in [0.25, 0.3) is 10.9 Å². The Morgan fingerprint density at radius 1 is 1.37 bits per heavy atom. The van der Waals surface area contributed by atoms with E-state index >= 15 is 0 Å². The highest BCUT2D eigenvalue weighted by atomic mass is 127. The number of fused-ring (bicyclic) bond motifs is 1. The molecule has 0 aliphatic carbocycles. The van der Waals surface area contributed by atoms with Crippen molar-refractivity contribution in [2.24, 2.45) is 5.10 Å². The second-order valence-electron chi connectivity index (χ2n) is 6.33. The molecular formula is C22H19BrIN3O3. The zero-order chi connectivity index (χ0) is 21.7. The number of methoxy groups -OCH3 is 1. The Balaban J connectivity index is 2.08. The molecule has 0 amide bonds. The highest BCUT2D eigenvalue weighted by Gasteiger charge is 2.13. The van der Waals surface area contributed by atoms with Gasteiger partial charge >= 0.3 is 0 Å². The van der Waals surface area contributed by atoms with Crippen molar-refractivity contribution in [2.45, 2.75) is 19.8 Å². The Hall–Kier alpha value is -2.38. The van der Waals surface area contributed by atoms with Crippen molar-refractivity contribution >= 4 is 55.6 Å². The van der Waals surface area contributed by atoms with Gasteiger partial charge in [0.1, 0.15) is 12.4 Å². The molecule has 0 spiro atoms. The Morgan fingerprint density at radius 2 is 2.17 bits per heavy atom. The van der Waals surface area contributed by atoms with Gasteiger partial charge in [0.15, 0.2) is 11.5 Å². The average molecular weight is 580 g/mol. The van der Waals surface area contributed by atoms with Crippen molar-refractivity contribution in [2.75, 3.05) is 13.7 Å². The number of aryl methyl sites for hydroxylation is 1. The van der Waals surface area contributed by atoms with Crippen LogP contribution in [0.2, 0.25) is 0 Å². The standard InChI is InChI=1S/C22H19BrIN3O3/c1-4-6-20-26-18-8-7-15(23)12-16(18)22(28)27(20)25-13-14-10-17(24)21(30-9-5-2)19(11-14)29-3/h2,7-8,10-13H,4,6,9H2,1,3H3. The van der Waals surface area contributed by atoms with Crippen molar-refractivity contribution < 1.29 is 9.47 Å². The third-order valence-electron chi connectivity index (χ3n) is 4.22. The van der Waals surface area contributed by atoms with E-state index in [2.05, 4.69) is 54.5 Å². The summed E-state index contributed by atoms with van der Waals surface area (Å²) in [4.78, 5) is 17.7. The second kappa shape index (κ2) is 10.1. The quantitative estimate of drug-likeness (QED) is 0.233. The zero-order valence-corrected chi connectivity index (χ0v) is 20.2. The van der Waals surface area contributed by atoms with Crippen LogP contribution in [0.15, 0.2) is 44.7 Å². The van der Waals surface area contributed by atoms with Gasteiger partial charge in [0.25, 0.3) is 5.56 Å². The molecule has 0 atom stereocenters. The van der Waals surface area contributed by atoms with Crippen molar-refractivity contribution in [1.29, 1.82) is 0 Å². The molecule has 30 heavy (non-hydrogen) atoms. The number of halogens is 2. The minimum absolute atomic E-state index is 0.147. The van der Waals surface area contributed by atoms with Crippen LogP contribution in [0, 0.1) is 15.9 Å². The Morgan fingerprint density at radius 3 is 2.87 bits per heavy atom. The first kappa shape index (κ1) is 22.3. The van der Waals surface area contributed by atoms with Gasteiger partial charge in [-0.25, -0.2) is 4.98 Å². The van der Waals surface area contributed by atoms with E-state index in [9.17, 15) is 4.79 Å². The van der Waals surface area contributed by atoms with Gasteiger partial charge in [0.2, 0.25) is 0 Å². The smallest absolute Gasteiger partial charge is 0.282 e. The number of aromatic nitrogens is 2. The van der Waals surface area contributed by atoms with E-state index in [0.717, 1.165) is 20.0 Å². The predicted molar refractivity (Wildman–Crippen MR) is 131 cm³/mol. The molecular weight excluding hydrogens is 561 g/mol. The average Bonchev–Trinajstić information content (AvgIpc) is 2.73. The molecule has 0 N–H and O–H groups in total. The fourth-order valence-corrected chi connectivity index (χ4v) is 4.03. The lowest BCUT2D eigenvalue weighted by Crippen LogP contribution is -2.22. The normalized spacial score (nSPS) is 11.0. The molecule has 0 aliphatic rings. The molecule has 0 saturated heterocycles. The van der Waals surface area contributed by atoms with Crippen LogP contribution < -0.4 is 15.0 Å². The van der Waals surface area contributed by atoms with Gasteiger partial charge in [-0.15, -0.1) is 6.42 Å². The fraction of sp³-hybridized carbons (Fsp3) is 0.227. The lowest BCUT2D eigenvalue weighted by molar-refractivity contribution is 0.328. The summed E-state index contributed by atoms with van der Waals surface area (Å²) < 4.78 is 14.0. The van der Waals surface area contributed by atoms with Crippen LogP contribution >= 0.6 is 38.5 Å². The van der Waals surface area contributed by atoms with Crippen molar-refractivity contribution in [3.05, 3.63) is 60.1 Å². The van der Waals surface area contributed by atoms with Crippen molar-refractivity contribution in [3.8, 4) is 23.8 Å². The minimum atomic E-state index is -0.211. The third-order valence-corrected chi connectivity index (χ3v) is 5.52. The summed E-state index contributed by atoms with van der Waals surface area (Å²) in [6.07, 6.45) is 8.38. The summed E-state index contributed by atoms with van der Waals surface area (Å²) in [5.41, 5.74) is 1.20. The first-order chi connectivity index (χ1) is 14.5. The molecule has 154 valence electrons. The van der Waals surface area contributed by atoms with E-state index in [-0.39, 0.29) is 12.2 Å². The van der Waals surface area contributed by atoms with Crippen LogP contribution in [0.1, 0.15) is 24.7 Å². The molecule has 0 radical (unpaired) electrons. The Kier molecular flexibility index (Phi) is 7.50. The molecule has 1 heterocycles. The van der Waals surface area contributed by atoms with Crippen LogP contribution in [0.4, 0.5) is 0 Å². The lowest BCUT2D eigenvalue weighted by Gasteiger charge is -2.12. The SMILES string of the molecule is C#CCOc1c(I)cc(C=Nn2c(CCC)nc3ccc(Br)cc3c2=O)cc1OC. The number of nitrogens with zero attached hydrogens (tertiary/aromatic N) is 3. The van der Waals surface area contributed by atoms with E-state index in [1.165, 1.54) is 4.68 Å². The molecule has 6 nitrogen and oxygen atoms in total. The van der Waals surface area contributed by atoms with Gasteiger partial charge in [0, 0.05) is 10.9 Å². The molecule has 0 fully saturated rings. The monoisotopic (exact) mass is 579 g/mol. The van der Waals surface area contributed by atoms with Crippen LogP contribution in [0.5, 0.6) is 11.5 Å². The van der Waals surface area contributed by atoms with Gasteiger partial charge in [0.05, 0.1) is 27.8 Å². The topological polar surface area (TPSA) is 65.7 Å². The minimum Gasteiger partial charge on any atom is -0.493 e. The number of rotatable bonds is 7. The number of ether oxygens (including phenoxy) is 2. The summed E-state index contributed by atoms with van der Waals surface area (Å²) >= 11 is 5.56. The fourth-order valence-electron chi connectivity index (χ4n) is 2.89. The highest BCUT2D eigenvalue weighted by Crippen LogP contribution is 2.33. The van der Waals surface area contributed by atoms with E-state index < -0.39 is 0 Å². The largest absolute Gasteiger partial charge is 0.493 e. The number of terminal acetylenes is 1. The molecule has 3 aromatic rings. The van der Waals surface area contributed by atoms with E-state index in [4.69, 9.17) is 15.9 Å². The maximum atomic E-state index is 13.1. The summed E-state index contributed by atoms with van der Waals surface area (Å²) in [5, 5.41) is 4.96. The maximum Gasteiger partial charge on any atom is 0.282 e. The van der Waals surface area contributed by atoms with Crippen LogP contribution in [-0.2, 0) is 6.42 Å². The number of hydrogen-bond acceptors (Lipinski definition) is 5. The zero-order valence-electron chi connectivity index (χ0n) is 16.5. The molecule has 0 saturated carbocycles. The van der Waals surface area contributed by atoms with Gasteiger partial charge in [-0.3, -0.25) is 4.79 Å². The van der Waals surface area contributed by atoms with E-state index in [1.54, 1.807) is 25.5 Å². The summed E-state index contributed by atoms with van der Waals surface area (Å²) in [7, 11) is 1.56. The van der Waals surface area contributed by atoms with Crippen LogP contribution in [0.3, 0.4) is 0 Å². The van der Waals surface area contributed by atoms with E-state index in [1.807, 2.05) is 25.1 Å².